The highest BCUT2D eigenvalue weighted by Gasteiger charge is 2.37. The van der Waals surface area contributed by atoms with Gasteiger partial charge >= 0.3 is 0 Å². The molecule has 0 aliphatic carbocycles. The fourth-order valence-electron chi connectivity index (χ4n) is 3.09. The molecule has 0 saturated heterocycles. The normalized spacial score (nSPS) is 16.6. The van der Waals surface area contributed by atoms with Crippen LogP contribution in [0.3, 0.4) is 0 Å². The summed E-state index contributed by atoms with van der Waals surface area (Å²) in [6.07, 6.45) is 2.59. The number of carbonyl (C=O) groups excluding carboxylic acids is 1. The zero-order valence-corrected chi connectivity index (χ0v) is 14.5. The van der Waals surface area contributed by atoms with Crippen LogP contribution in [0, 0.1) is 0 Å². The van der Waals surface area contributed by atoms with Crippen LogP contribution in [0.5, 0.6) is 0 Å². The van der Waals surface area contributed by atoms with Crippen LogP contribution in [0.25, 0.3) is 5.52 Å². The molecule has 0 radical (unpaired) electrons. The van der Waals surface area contributed by atoms with E-state index >= 15 is 0 Å². The van der Waals surface area contributed by atoms with E-state index in [2.05, 4.69) is 30.4 Å². The first-order valence-electron chi connectivity index (χ1n) is 7.46. The summed E-state index contributed by atoms with van der Waals surface area (Å²) in [7, 11) is 0. The van der Waals surface area contributed by atoms with Gasteiger partial charge in [0.05, 0.1) is 10.5 Å². The Labute approximate surface area is 143 Å². The van der Waals surface area contributed by atoms with Crippen LogP contribution in [-0.4, -0.2) is 26.0 Å². The maximum atomic E-state index is 13.0. The predicted molar refractivity (Wildman–Crippen MR) is 92.2 cm³/mol. The molecule has 0 spiro atoms. The van der Waals surface area contributed by atoms with Gasteiger partial charge in [0.15, 0.2) is 5.69 Å². The van der Waals surface area contributed by atoms with Crippen LogP contribution >= 0.6 is 22.9 Å². The van der Waals surface area contributed by atoms with Crippen molar-refractivity contribution < 1.29 is 4.79 Å². The Morgan fingerprint density at radius 1 is 1.35 bits per heavy atom. The number of nitrogens with zero attached hydrogens (tertiary/aromatic N) is 3. The summed E-state index contributed by atoms with van der Waals surface area (Å²) in [4.78, 5) is 16.3. The minimum Gasteiger partial charge on any atom is -0.327 e. The second kappa shape index (κ2) is 5.08. The van der Waals surface area contributed by atoms with Gasteiger partial charge in [-0.1, -0.05) is 11.6 Å². The Bertz CT molecular complexity index is 912. The zero-order chi connectivity index (χ0) is 16.2. The van der Waals surface area contributed by atoms with Gasteiger partial charge in [0.1, 0.15) is 0 Å². The Hall–Kier alpha value is -1.85. The maximum absolute atomic E-state index is 13.0. The summed E-state index contributed by atoms with van der Waals surface area (Å²) >= 11 is 7.76. The molecule has 4 nitrogen and oxygen atoms in total. The van der Waals surface area contributed by atoms with E-state index < -0.39 is 0 Å². The molecule has 23 heavy (non-hydrogen) atoms. The molecule has 0 aromatic carbocycles. The number of hydrogen-bond donors (Lipinski definition) is 0. The number of hydrogen-bond acceptors (Lipinski definition) is 3. The van der Waals surface area contributed by atoms with Crippen molar-refractivity contribution in [2.24, 2.45) is 0 Å². The summed E-state index contributed by atoms with van der Waals surface area (Å²) in [5.41, 5.74) is 2.35. The number of amides is 1. The molecular formula is C17H16ClN3OS. The van der Waals surface area contributed by atoms with Crippen molar-refractivity contribution in [2.45, 2.75) is 32.4 Å². The monoisotopic (exact) mass is 345 g/mol. The summed E-state index contributed by atoms with van der Waals surface area (Å²) < 4.78 is 1.66. The number of rotatable bonds is 1. The van der Waals surface area contributed by atoms with E-state index in [0.717, 1.165) is 11.9 Å². The zero-order valence-electron chi connectivity index (χ0n) is 12.9. The highest BCUT2D eigenvalue weighted by molar-refractivity contribution is 7.10. The Kier molecular flexibility index (Phi) is 3.25. The first-order chi connectivity index (χ1) is 10.9. The van der Waals surface area contributed by atoms with Crippen LogP contribution < -0.4 is 0 Å². The topological polar surface area (TPSA) is 37.6 Å². The van der Waals surface area contributed by atoms with Gasteiger partial charge in [-0.05, 0) is 49.1 Å². The molecule has 0 fully saturated rings. The molecular weight excluding hydrogens is 330 g/mol. The molecule has 118 valence electrons. The molecule has 6 heteroatoms. The van der Waals surface area contributed by atoms with E-state index in [1.54, 1.807) is 28.1 Å². The van der Waals surface area contributed by atoms with Crippen molar-refractivity contribution in [2.75, 3.05) is 0 Å². The van der Waals surface area contributed by atoms with Crippen LogP contribution in [0.15, 0.2) is 35.8 Å². The van der Waals surface area contributed by atoms with Crippen LogP contribution in [-0.2, 0) is 13.0 Å². The van der Waals surface area contributed by atoms with Gasteiger partial charge in [-0.3, -0.25) is 4.79 Å². The van der Waals surface area contributed by atoms with Crippen molar-refractivity contribution in [3.8, 4) is 0 Å². The van der Waals surface area contributed by atoms with E-state index in [1.807, 2.05) is 17.0 Å². The minimum atomic E-state index is -0.220. The molecule has 0 bridgehead atoms. The summed E-state index contributed by atoms with van der Waals surface area (Å²) in [5.74, 6) is -0.0355. The van der Waals surface area contributed by atoms with Crippen molar-refractivity contribution in [3.63, 3.8) is 0 Å². The average molecular weight is 346 g/mol. The number of aromatic nitrogens is 2. The highest BCUT2D eigenvalue weighted by atomic mass is 35.5. The maximum Gasteiger partial charge on any atom is 0.275 e. The van der Waals surface area contributed by atoms with E-state index in [1.165, 1.54) is 10.4 Å². The van der Waals surface area contributed by atoms with Crippen LogP contribution in [0.2, 0.25) is 5.02 Å². The highest BCUT2D eigenvalue weighted by Crippen LogP contribution is 2.34. The van der Waals surface area contributed by atoms with Gasteiger partial charge in [-0.15, -0.1) is 11.3 Å². The number of halogens is 1. The van der Waals surface area contributed by atoms with Crippen molar-refractivity contribution in [3.05, 3.63) is 57.0 Å². The van der Waals surface area contributed by atoms with E-state index in [0.29, 0.717) is 17.3 Å². The Morgan fingerprint density at radius 3 is 3.00 bits per heavy atom. The largest absolute Gasteiger partial charge is 0.327 e. The number of fused-ring (bicyclic) bond motifs is 2. The third-order valence-corrected chi connectivity index (χ3v) is 5.56. The number of thiophene rings is 1. The second-order valence-corrected chi connectivity index (χ2v) is 7.93. The third-order valence-electron chi connectivity index (χ3n) is 4.38. The third kappa shape index (κ3) is 2.44. The van der Waals surface area contributed by atoms with Gasteiger partial charge in [-0.2, -0.15) is 5.10 Å². The molecule has 0 atom stereocenters. The van der Waals surface area contributed by atoms with E-state index in [4.69, 9.17) is 11.6 Å². The molecule has 1 amide bonds. The lowest BCUT2D eigenvalue weighted by Crippen LogP contribution is -2.51. The summed E-state index contributed by atoms with van der Waals surface area (Å²) in [6.45, 7) is 4.86. The van der Waals surface area contributed by atoms with Crippen molar-refractivity contribution >= 4 is 34.4 Å². The first-order valence-corrected chi connectivity index (χ1v) is 8.72. The average Bonchev–Trinajstić information content (AvgIpc) is 3.09. The molecule has 1 aliphatic heterocycles. The first kappa shape index (κ1) is 14.7. The van der Waals surface area contributed by atoms with Gasteiger partial charge in [-0.25, -0.2) is 4.52 Å². The van der Waals surface area contributed by atoms with Gasteiger partial charge in [0, 0.05) is 29.6 Å². The molecule has 3 aromatic rings. The number of pyridine rings is 1. The lowest BCUT2D eigenvalue weighted by molar-refractivity contribution is 0.0486. The molecule has 4 rings (SSSR count). The summed E-state index contributed by atoms with van der Waals surface area (Å²) in [6, 6.07) is 7.59. The Balaban J connectivity index is 1.72. The second-order valence-electron chi connectivity index (χ2n) is 6.50. The van der Waals surface area contributed by atoms with E-state index in [-0.39, 0.29) is 11.4 Å². The minimum absolute atomic E-state index is 0.0355. The van der Waals surface area contributed by atoms with Crippen molar-refractivity contribution in [1.82, 2.24) is 14.5 Å². The molecule has 1 aliphatic rings. The van der Waals surface area contributed by atoms with Crippen LogP contribution in [0.4, 0.5) is 0 Å². The fourth-order valence-corrected chi connectivity index (χ4v) is 4.36. The smallest absolute Gasteiger partial charge is 0.275 e. The standard InChI is InChI=1S/C17H16ClN3OS/c1-17(2)8-15-11(5-6-23-15)9-20(17)16(22)14-7-13-4-3-12(18)10-21(13)19-14/h3-7,10H,8-9H2,1-2H3. The van der Waals surface area contributed by atoms with Gasteiger partial charge < -0.3 is 4.90 Å². The van der Waals surface area contributed by atoms with Gasteiger partial charge in [0.2, 0.25) is 0 Å². The summed E-state index contributed by atoms with van der Waals surface area (Å²) in [5, 5.41) is 7.10. The molecule has 0 unspecified atom stereocenters. The van der Waals surface area contributed by atoms with Crippen LogP contribution in [0.1, 0.15) is 34.8 Å². The SMILES string of the molecule is CC1(C)Cc2sccc2CN1C(=O)c1cc2ccc(Cl)cn2n1. The lowest BCUT2D eigenvalue weighted by atomic mass is 9.90. The molecule has 0 N–H and O–H groups in total. The van der Waals surface area contributed by atoms with Crippen molar-refractivity contribution in [1.29, 1.82) is 0 Å². The predicted octanol–water partition coefficient (Wildman–Crippen LogP) is 4.03. The molecule has 0 saturated carbocycles. The lowest BCUT2D eigenvalue weighted by Gasteiger charge is -2.41. The molecule has 3 aromatic heterocycles. The van der Waals surface area contributed by atoms with E-state index in [9.17, 15) is 4.79 Å². The quantitative estimate of drug-likeness (QED) is 0.668. The van der Waals surface area contributed by atoms with Gasteiger partial charge in [0.25, 0.3) is 5.91 Å². The number of carbonyl (C=O) groups is 1. The fraction of sp³-hybridized carbons (Fsp3) is 0.294. The molecule has 4 heterocycles. The Morgan fingerprint density at radius 2 is 2.17 bits per heavy atom.